The van der Waals surface area contributed by atoms with Gasteiger partial charge in [0.1, 0.15) is 6.17 Å². The number of carbonyl (C=O) groups is 1. The van der Waals surface area contributed by atoms with Gasteiger partial charge in [0.2, 0.25) is 0 Å². The fraction of sp³-hybridized carbons (Fsp3) is 0.321. The maximum atomic E-state index is 12.8. The molecule has 1 saturated heterocycles. The maximum absolute atomic E-state index is 12.8. The van der Waals surface area contributed by atoms with Gasteiger partial charge in [0, 0.05) is 43.9 Å². The standard InChI is InChI=1S/C28H32ClN5O2/c1-28(2,36-30)27(35)33-16-14-32(15-17-33)19-24-26(21-8-11-23(29)12-9-21)31-25-13-10-22(18-34(24)25)20-6-4-3-5-7-20/h3-13,18,25,31H,14-17,19,30H2,1-2H3. The molecule has 0 bridgehead atoms. The molecule has 0 aliphatic carbocycles. The molecule has 3 heterocycles. The van der Waals surface area contributed by atoms with E-state index in [1.807, 2.05) is 23.1 Å². The summed E-state index contributed by atoms with van der Waals surface area (Å²) < 4.78 is 0. The number of amides is 1. The molecule has 0 saturated carbocycles. The van der Waals surface area contributed by atoms with Crippen molar-refractivity contribution < 1.29 is 9.63 Å². The number of nitrogens with one attached hydrogen (secondary N) is 1. The van der Waals surface area contributed by atoms with Gasteiger partial charge in [-0.25, -0.2) is 5.90 Å². The number of nitrogens with two attached hydrogens (primary N) is 1. The highest BCUT2D eigenvalue weighted by molar-refractivity contribution is 6.30. The second-order valence-corrected chi connectivity index (χ2v) is 10.3. The Labute approximate surface area is 217 Å². The Balaban J connectivity index is 1.40. The molecule has 1 fully saturated rings. The second-order valence-electron chi connectivity index (χ2n) is 9.83. The summed E-state index contributed by atoms with van der Waals surface area (Å²) in [6, 6.07) is 18.4. The van der Waals surface area contributed by atoms with Crippen LogP contribution < -0.4 is 11.2 Å². The van der Waals surface area contributed by atoms with Crippen LogP contribution in [0.1, 0.15) is 25.0 Å². The fourth-order valence-electron chi connectivity index (χ4n) is 4.87. The third-order valence-electron chi connectivity index (χ3n) is 7.01. The minimum Gasteiger partial charge on any atom is -0.360 e. The number of nitrogens with zero attached hydrogens (tertiary/aromatic N) is 3. The fourth-order valence-corrected chi connectivity index (χ4v) is 4.99. The van der Waals surface area contributed by atoms with Gasteiger partial charge in [-0.2, -0.15) is 0 Å². The summed E-state index contributed by atoms with van der Waals surface area (Å²) in [5.41, 5.74) is 4.73. The number of hydrogen-bond acceptors (Lipinski definition) is 6. The number of fused-ring (bicyclic) bond motifs is 1. The van der Waals surface area contributed by atoms with Crippen LogP contribution in [0, 0.1) is 0 Å². The van der Waals surface area contributed by atoms with Crippen LogP contribution in [0.2, 0.25) is 5.02 Å². The van der Waals surface area contributed by atoms with E-state index in [0.717, 1.165) is 30.9 Å². The lowest BCUT2D eigenvalue weighted by molar-refractivity contribution is -0.156. The number of benzene rings is 2. The van der Waals surface area contributed by atoms with Gasteiger partial charge < -0.3 is 15.1 Å². The lowest BCUT2D eigenvalue weighted by Gasteiger charge is -2.38. The average Bonchev–Trinajstić information content (AvgIpc) is 3.27. The molecule has 2 aromatic carbocycles. The van der Waals surface area contributed by atoms with Gasteiger partial charge in [-0.05, 0) is 48.8 Å². The summed E-state index contributed by atoms with van der Waals surface area (Å²) in [7, 11) is 0. The van der Waals surface area contributed by atoms with Crippen LogP contribution in [0.5, 0.6) is 0 Å². The molecule has 3 aliphatic heterocycles. The lowest BCUT2D eigenvalue weighted by atomic mass is 10.0. The highest BCUT2D eigenvalue weighted by Crippen LogP contribution is 2.34. The predicted octanol–water partition coefficient (Wildman–Crippen LogP) is 3.66. The molecule has 1 amide bonds. The van der Waals surface area contributed by atoms with Crippen LogP contribution >= 0.6 is 11.6 Å². The van der Waals surface area contributed by atoms with Crippen LogP contribution in [-0.4, -0.2) is 65.1 Å². The van der Waals surface area contributed by atoms with E-state index in [1.165, 1.54) is 16.8 Å². The summed E-state index contributed by atoms with van der Waals surface area (Å²) in [5.74, 6) is 5.27. The number of rotatable bonds is 6. The number of hydrogen-bond donors (Lipinski definition) is 2. The Kier molecular flexibility index (Phi) is 6.90. The predicted molar refractivity (Wildman–Crippen MR) is 143 cm³/mol. The summed E-state index contributed by atoms with van der Waals surface area (Å²) in [6.45, 7) is 6.98. The van der Waals surface area contributed by atoms with Crippen molar-refractivity contribution in [1.82, 2.24) is 20.0 Å². The minimum atomic E-state index is -1.02. The van der Waals surface area contributed by atoms with E-state index in [9.17, 15) is 4.79 Å². The molecule has 1 atom stereocenters. The van der Waals surface area contributed by atoms with Crippen LogP contribution in [0.3, 0.4) is 0 Å². The summed E-state index contributed by atoms with van der Waals surface area (Å²) in [5, 5.41) is 4.42. The van der Waals surface area contributed by atoms with Crippen molar-refractivity contribution >= 4 is 28.8 Å². The molecule has 188 valence electrons. The number of allylic oxidation sites excluding steroid dienone is 2. The Morgan fingerprint density at radius 3 is 2.42 bits per heavy atom. The molecule has 1 unspecified atom stereocenters. The van der Waals surface area contributed by atoms with Crippen LogP contribution in [-0.2, 0) is 9.63 Å². The van der Waals surface area contributed by atoms with E-state index in [1.54, 1.807) is 13.8 Å². The zero-order valence-electron chi connectivity index (χ0n) is 20.7. The number of carbonyl (C=O) groups excluding carboxylic acids is 1. The molecule has 2 aromatic rings. The monoisotopic (exact) mass is 505 g/mol. The van der Waals surface area contributed by atoms with Crippen LogP contribution in [0.15, 0.2) is 78.6 Å². The average molecular weight is 506 g/mol. The van der Waals surface area contributed by atoms with Crippen molar-refractivity contribution in [3.63, 3.8) is 0 Å². The smallest absolute Gasteiger partial charge is 0.256 e. The lowest BCUT2D eigenvalue weighted by Crippen LogP contribution is -2.55. The van der Waals surface area contributed by atoms with Gasteiger partial charge in [0.25, 0.3) is 5.91 Å². The molecule has 36 heavy (non-hydrogen) atoms. The summed E-state index contributed by atoms with van der Waals surface area (Å²) in [6.07, 6.45) is 6.66. The normalized spacial score (nSPS) is 20.3. The van der Waals surface area contributed by atoms with Crippen molar-refractivity contribution in [3.05, 3.63) is 94.8 Å². The van der Waals surface area contributed by atoms with Gasteiger partial charge in [-0.3, -0.25) is 14.5 Å². The first-order chi connectivity index (χ1) is 17.4. The van der Waals surface area contributed by atoms with E-state index in [0.29, 0.717) is 18.1 Å². The SMILES string of the molecule is CC(C)(ON)C(=O)N1CCN(CC2=C(c3ccc(Cl)cc3)NC3C=CC(c4ccccc4)=CN23)CC1. The molecular weight excluding hydrogens is 474 g/mol. The van der Waals surface area contributed by atoms with Gasteiger partial charge in [0.05, 0.1) is 11.4 Å². The van der Waals surface area contributed by atoms with Crippen molar-refractivity contribution in [3.8, 4) is 0 Å². The van der Waals surface area contributed by atoms with Crippen molar-refractivity contribution in [1.29, 1.82) is 0 Å². The highest BCUT2D eigenvalue weighted by Gasteiger charge is 2.36. The third-order valence-corrected chi connectivity index (χ3v) is 7.26. The largest absolute Gasteiger partial charge is 0.360 e. The first-order valence-electron chi connectivity index (χ1n) is 12.2. The van der Waals surface area contributed by atoms with E-state index in [2.05, 4.69) is 69.9 Å². The summed E-state index contributed by atoms with van der Waals surface area (Å²) in [4.78, 5) is 24.2. The molecule has 7 nitrogen and oxygen atoms in total. The second kappa shape index (κ2) is 10.1. The molecule has 3 aliphatic rings. The molecule has 5 rings (SSSR count). The minimum absolute atomic E-state index is 0.0449. The van der Waals surface area contributed by atoms with Crippen molar-refractivity contribution in [2.24, 2.45) is 5.90 Å². The topological polar surface area (TPSA) is 74.1 Å². The van der Waals surface area contributed by atoms with Crippen LogP contribution in [0.4, 0.5) is 0 Å². The molecule has 0 radical (unpaired) electrons. The van der Waals surface area contributed by atoms with Gasteiger partial charge in [0.15, 0.2) is 5.60 Å². The van der Waals surface area contributed by atoms with E-state index in [-0.39, 0.29) is 12.1 Å². The van der Waals surface area contributed by atoms with Gasteiger partial charge in [-0.15, -0.1) is 0 Å². The zero-order valence-corrected chi connectivity index (χ0v) is 21.4. The first kappa shape index (κ1) is 24.6. The zero-order chi connectivity index (χ0) is 25.3. The quantitative estimate of drug-likeness (QED) is 0.584. The molecule has 3 N–H and O–H groups in total. The van der Waals surface area contributed by atoms with Crippen molar-refractivity contribution in [2.75, 3.05) is 32.7 Å². The Bertz CT molecular complexity index is 1200. The number of piperazine rings is 1. The van der Waals surface area contributed by atoms with E-state index >= 15 is 0 Å². The third kappa shape index (κ3) is 4.92. The molecule has 0 aromatic heterocycles. The molecule has 0 spiro atoms. The van der Waals surface area contributed by atoms with Gasteiger partial charge >= 0.3 is 0 Å². The Hall–Kier alpha value is -3.10. The van der Waals surface area contributed by atoms with E-state index in [4.69, 9.17) is 22.3 Å². The number of halogens is 1. The first-order valence-corrected chi connectivity index (χ1v) is 12.6. The summed E-state index contributed by atoms with van der Waals surface area (Å²) >= 11 is 6.18. The van der Waals surface area contributed by atoms with Gasteiger partial charge in [-0.1, -0.05) is 60.1 Å². The van der Waals surface area contributed by atoms with Crippen LogP contribution in [0.25, 0.3) is 11.3 Å². The molecule has 8 heteroatoms. The van der Waals surface area contributed by atoms with Crippen molar-refractivity contribution in [2.45, 2.75) is 25.6 Å². The Morgan fingerprint density at radius 2 is 1.75 bits per heavy atom. The highest BCUT2D eigenvalue weighted by atomic mass is 35.5. The maximum Gasteiger partial charge on any atom is 0.256 e. The molecular formula is C28H32ClN5O2. The van der Waals surface area contributed by atoms with E-state index < -0.39 is 5.60 Å². The Morgan fingerprint density at radius 1 is 1.06 bits per heavy atom.